The molecule has 0 saturated heterocycles. The van der Waals surface area contributed by atoms with Crippen LogP contribution in [0.1, 0.15) is 17.5 Å². The molecule has 1 atom stereocenters. The van der Waals surface area contributed by atoms with Gasteiger partial charge in [-0.1, -0.05) is 53.7 Å². The van der Waals surface area contributed by atoms with Gasteiger partial charge in [0.15, 0.2) is 5.65 Å². The number of benzene rings is 2. The number of amides is 1. The number of oxime groups is 1. The fourth-order valence-corrected chi connectivity index (χ4v) is 3.53. The molecule has 31 heavy (non-hydrogen) atoms. The molecule has 4 aromatic rings. The lowest BCUT2D eigenvalue weighted by molar-refractivity contribution is -0.125. The van der Waals surface area contributed by atoms with Crippen molar-refractivity contribution in [2.24, 2.45) is 5.16 Å². The van der Waals surface area contributed by atoms with E-state index in [0.717, 1.165) is 16.8 Å². The zero-order valence-corrected chi connectivity index (χ0v) is 16.5. The number of pyridine rings is 1. The Morgan fingerprint density at radius 3 is 2.74 bits per heavy atom. The van der Waals surface area contributed by atoms with Gasteiger partial charge < -0.3 is 10.2 Å². The topological polar surface area (TPSA) is 90.0 Å². The maximum Gasteiger partial charge on any atom is 0.350 e. The summed E-state index contributed by atoms with van der Waals surface area (Å²) in [5.41, 5.74) is 3.53. The van der Waals surface area contributed by atoms with Crippen LogP contribution in [0, 0.1) is 0 Å². The Labute approximate surface area is 177 Å². The lowest BCUT2D eigenvalue weighted by Crippen LogP contribution is -2.28. The minimum Gasteiger partial charge on any atom is -0.382 e. The van der Waals surface area contributed by atoms with Crippen LogP contribution in [0.3, 0.4) is 0 Å². The van der Waals surface area contributed by atoms with Gasteiger partial charge in [-0.3, -0.25) is 9.20 Å². The number of aromatic nitrogens is 3. The molecule has 5 rings (SSSR count). The van der Waals surface area contributed by atoms with E-state index in [2.05, 4.69) is 15.6 Å². The Kier molecular flexibility index (Phi) is 4.80. The average Bonchev–Trinajstić information content (AvgIpc) is 3.41. The number of hydrogen-bond acceptors (Lipinski definition) is 5. The Morgan fingerprint density at radius 1 is 1.06 bits per heavy atom. The van der Waals surface area contributed by atoms with Gasteiger partial charge in [0.25, 0.3) is 5.91 Å². The van der Waals surface area contributed by atoms with Crippen LogP contribution in [0.4, 0.5) is 5.69 Å². The van der Waals surface area contributed by atoms with E-state index in [-0.39, 0.29) is 11.6 Å². The highest BCUT2D eigenvalue weighted by molar-refractivity contribution is 6.06. The molecule has 1 N–H and O–H groups in total. The van der Waals surface area contributed by atoms with Crippen LogP contribution in [0.5, 0.6) is 0 Å². The quantitative estimate of drug-likeness (QED) is 0.545. The summed E-state index contributed by atoms with van der Waals surface area (Å²) in [6, 6.07) is 22.4. The molecular weight excluding hydrogens is 394 g/mol. The minimum absolute atomic E-state index is 0.213. The van der Waals surface area contributed by atoms with E-state index in [1.165, 1.54) is 9.08 Å². The van der Waals surface area contributed by atoms with E-state index in [9.17, 15) is 9.59 Å². The molecule has 2 aromatic carbocycles. The summed E-state index contributed by atoms with van der Waals surface area (Å²) >= 11 is 0. The van der Waals surface area contributed by atoms with Crippen LogP contribution in [0.25, 0.3) is 5.65 Å². The normalized spacial score (nSPS) is 15.5. The molecule has 2 aromatic heterocycles. The largest absolute Gasteiger partial charge is 0.382 e. The van der Waals surface area contributed by atoms with Gasteiger partial charge in [-0.2, -0.15) is 0 Å². The summed E-state index contributed by atoms with van der Waals surface area (Å²) < 4.78 is 2.89. The summed E-state index contributed by atoms with van der Waals surface area (Å²) in [5.74, 6) is -0.267. The Bertz CT molecular complexity index is 1340. The molecule has 1 aliphatic heterocycles. The van der Waals surface area contributed by atoms with Crippen molar-refractivity contribution in [1.82, 2.24) is 14.2 Å². The highest BCUT2D eigenvalue weighted by Gasteiger charge is 2.28. The van der Waals surface area contributed by atoms with Crippen molar-refractivity contribution in [1.29, 1.82) is 0 Å². The Balaban J connectivity index is 1.27. The number of hydrogen-bond donors (Lipinski definition) is 1. The van der Waals surface area contributed by atoms with Crippen molar-refractivity contribution >= 4 is 23.0 Å². The molecule has 8 nitrogen and oxygen atoms in total. The number of anilines is 1. The first-order valence-electron chi connectivity index (χ1n) is 9.89. The van der Waals surface area contributed by atoms with Crippen LogP contribution < -0.4 is 11.0 Å². The van der Waals surface area contributed by atoms with Crippen molar-refractivity contribution in [2.45, 2.75) is 19.1 Å². The van der Waals surface area contributed by atoms with Crippen molar-refractivity contribution < 1.29 is 9.63 Å². The molecule has 0 aliphatic carbocycles. The molecule has 0 radical (unpaired) electrons. The van der Waals surface area contributed by atoms with E-state index in [4.69, 9.17) is 4.84 Å². The number of nitrogens with one attached hydrogen (secondary N) is 1. The van der Waals surface area contributed by atoms with Crippen LogP contribution >= 0.6 is 0 Å². The molecule has 154 valence electrons. The molecule has 0 spiro atoms. The Hall–Kier alpha value is -4.20. The van der Waals surface area contributed by atoms with Crippen LogP contribution in [-0.2, 0) is 16.2 Å². The number of nitrogens with zero attached hydrogens (tertiary/aromatic N) is 4. The van der Waals surface area contributed by atoms with Gasteiger partial charge in [0.1, 0.15) is 0 Å². The lowest BCUT2D eigenvalue weighted by atomic mass is 10.0. The van der Waals surface area contributed by atoms with Gasteiger partial charge in [0.05, 0.1) is 12.3 Å². The van der Waals surface area contributed by atoms with Crippen molar-refractivity contribution in [3.63, 3.8) is 0 Å². The highest BCUT2D eigenvalue weighted by Crippen LogP contribution is 2.19. The van der Waals surface area contributed by atoms with E-state index in [1.54, 1.807) is 24.4 Å². The van der Waals surface area contributed by atoms with E-state index in [0.29, 0.717) is 24.3 Å². The monoisotopic (exact) mass is 413 g/mol. The summed E-state index contributed by atoms with van der Waals surface area (Å²) in [7, 11) is 0. The van der Waals surface area contributed by atoms with Crippen molar-refractivity contribution in [3.05, 3.63) is 101 Å². The number of rotatable bonds is 5. The first-order chi connectivity index (χ1) is 15.2. The predicted molar refractivity (Wildman–Crippen MR) is 116 cm³/mol. The second kappa shape index (κ2) is 7.91. The second-order valence-electron chi connectivity index (χ2n) is 7.26. The molecule has 0 bridgehead atoms. The number of fused-ring (bicyclic) bond motifs is 1. The smallest absolute Gasteiger partial charge is 0.350 e. The predicted octanol–water partition coefficient (Wildman–Crippen LogP) is 2.68. The minimum atomic E-state index is -0.681. The molecule has 0 saturated carbocycles. The van der Waals surface area contributed by atoms with Gasteiger partial charge in [0.2, 0.25) is 6.10 Å². The summed E-state index contributed by atoms with van der Waals surface area (Å²) in [6.45, 7) is 0.297. The second-order valence-corrected chi connectivity index (χ2v) is 7.26. The zero-order chi connectivity index (χ0) is 21.2. The molecule has 1 amide bonds. The van der Waals surface area contributed by atoms with Gasteiger partial charge in [-0.15, -0.1) is 5.10 Å². The van der Waals surface area contributed by atoms with Gasteiger partial charge in [-0.25, -0.2) is 9.48 Å². The van der Waals surface area contributed by atoms with Gasteiger partial charge in [0, 0.05) is 18.3 Å². The molecule has 1 unspecified atom stereocenters. The first-order valence-corrected chi connectivity index (χ1v) is 9.89. The third-order valence-electron chi connectivity index (χ3n) is 5.08. The fourth-order valence-electron chi connectivity index (χ4n) is 3.53. The molecule has 8 heteroatoms. The summed E-state index contributed by atoms with van der Waals surface area (Å²) in [5, 5.41) is 11.3. The maximum atomic E-state index is 12.7. The average molecular weight is 413 g/mol. The molecule has 0 fully saturated rings. The van der Waals surface area contributed by atoms with Crippen LogP contribution in [0.15, 0.2) is 88.9 Å². The summed E-state index contributed by atoms with van der Waals surface area (Å²) in [4.78, 5) is 30.5. The summed E-state index contributed by atoms with van der Waals surface area (Å²) in [6.07, 6.45) is 1.41. The number of carbonyl (C=O) groups is 1. The van der Waals surface area contributed by atoms with Crippen LogP contribution in [0.2, 0.25) is 0 Å². The standard InChI is InChI=1S/C23H19N5O3/c29-22(20-14-19(26-31-20)17-8-2-1-3-9-17)24-18-10-6-7-16(13-18)15-28-23(30)27-12-5-4-11-21(27)25-28/h1-13,20H,14-15H2,(H,24,29). The van der Waals surface area contributed by atoms with E-state index >= 15 is 0 Å². The maximum absolute atomic E-state index is 12.7. The SMILES string of the molecule is O=C(Nc1cccc(Cn2nc3ccccn3c2=O)c1)C1CC(c2ccccc2)=NO1. The third kappa shape index (κ3) is 3.83. The van der Waals surface area contributed by atoms with Crippen LogP contribution in [-0.4, -0.2) is 31.9 Å². The third-order valence-corrected chi connectivity index (χ3v) is 5.08. The first kappa shape index (κ1) is 18.8. The fraction of sp³-hybridized carbons (Fsp3) is 0.130. The zero-order valence-electron chi connectivity index (χ0n) is 16.5. The van der Waals surface area contributed by atoms with Crippen molar-refractivity contribution in [3.8, 4) is 0 Å². The number of carbonyl (C=O) groups excluding carboxylic acids is 1. The lowest BCUT2D eigenvalue weighted by Gasteiger charge is -2.10. The Morgan fingerprint density at radius 2 is 1.90 bits per heavy atom. The highest BCUT2D eigenvalue weighted by atomic mass is 16.6. The van der Waals surface area contributed by atoms with E-state index < -0.39 is 6.10 Å². The van der Waals surface area contributed by atoms with Gasteiger partial charge >= 0.3 is 5.69 Å². The van der Waals surface area contributed by atoms with Gasteiger partial charge in [-0.05, 0) is 35.4 Å². The molecular formula is C23H19N5O3. The molecule has 3 heterocycles. The van der Waals surface area contributed by atoms with Crippen molar-refractivity contribution in [2.75, 3.05) is 5.32 Å². The molecule has 1 aliphatic rings. The van der Waals surface area contributed by atoms with E-state index in [1.807, 2.05) is 54.6 Å².